The molecule has 3 nitrogen and oxygen atoms in total. The summed E-state index contributed by atoms with van der Waals surface area (Å²) in [5.41, 5.74) is 0. The van der Waals surface area contributed by atoms with E-state index in [0.29, 0.717) is 0 Å². The second kappa shape index (κ2) is 10.3. The number of unbranched alkanes of at least 4 members (excludes halogenated alkanes) is 1. The van der Waals surface area contributed by atoms with Crippen molar-refractivity contribution < 1.29 is 13.6 Å². The average Bonchev–Trinajstić information content (AvgIpc) is 2.24. The summed E-state index contributed by atoms with van der Waals surface area (Å²) < 4.78 is 17.1. The third-order valence-electron chi connectivity index (χ3n) is 2.46. The Morgan fingerprint density at radius 1 is 0.875 bits per heavy atom. The van der Waals surface area contributed by atoms with Crippen molar-refractivity contribution in [2.45, 2.75) is 52.6 Å². The molecule has 0 saturated heterocycles. The highest BCUT2D eigenvalue weighted by Gasteiger charge is 2.29. The Morgan fingerprint density at radius 3 is 1.94 bits per heavy atom. The van der Waals surface area contributed by atoms with Crippen LogP contribution in [0.2, 0.25) is 12.6 Å². The fraction of sp³-hybridized carbons (Fsp3) is 1.00. The van der Waals surface area contributed by atoms with Gasteiger partial charge in [0.1, 0.15) is 0 Å². The first-order chi connectivity index (χ1) is 7.68. The summed E-state index contributed by atoms with van der Waals surface area (Å²) in [6, 6.07) is 1.03. The Morgan fingerprint density at radius 2 is 1.44 bits per heavy atom. The largest absolute Gasteiger partial charge is 0.395 e. The standard InChI is InChI=1S/C12H28O3Si/c1-5-8-10-13-11-9-12-16(4,14-6-2)15-7-3/h5-12H2,1-4H3. The van der Waals surface area contributed by atoms with E-state index in [-0.39, 0.29) is 0 Å². The fourth-order valence-electron chi connectivity index (χ4n) is 1.64. The van der Waals surface area contributed by atoms with Crippen molar-refractivity contribution in [3.05, 3.63) is 0 Å². The van der Waals surface area contributed by atoms with Crippen LogP contribution in [0.5, 0.6) is 0 Å². The Kier molecular flexibility index (Phi) is 10.3. The smallest absolute Gasteiger partial charge is 0.334 e. The molecule has 0 amide bonds. The van der Waals surface area contributed by atoms with Gasteiger partial charge in [0.05, 0.1) is 0 Å². The molecular weight excluding hydrogens is 220 g/mol. The molecule has 0 aromatic heterocycles. The predicted octanol–water partition coefficient (Wildman–Crippen LogP) is 3.34. The first-order valence-electron chi connectivity index (χ1n) is 6.54. The van der Waals surface area contributed by atoms with E-state index in [0.717, 1.165) is 45.3 Å². The number of hydrogen-bond acceptors (Lipinski definition) is 3. The van der Waals surface area contributed by atoms with Crippen LogP contribution in [-0.2, 0) is 13.6 Å². The van der Waals surface area contributed by atoms with Crippen LogP contribution in [0.25, 0.3) is 0 Å². The molecule has 0 aromatic carbocycles. The van der Waals surface area contributed by atoms with Crippen LogP contribution < -0.4 is 0 Å². The minimum Gasteiger partial charge on any atom is -0.395 e. The molecule has 4 heteroatoms. The summed E-state index contributed by atoms with van der Waals surface area (Å²) in [7, 11) is -1.90. The second-order valence-electron chi connectivity index (χ2n) is 4.07. The first-order valence-corrected chi connectivity index (χ1v) is 9.06. The van der Waals surface area contributed by atoms with Gasteiger partial charge >= 0.3 is 8.56 Å². The Balaban J connectivity index is 3.59. The molecule has 0 radical (unpaired) electrons. The molecule has 0 unspecified atom stereocenters. The second-order valence-corrected chi connectivity index (χ2v) is 7.41. The highest BCUT2D eigenvalue weighted by Crippen LogP contribution is 2.15. The van der Waals surface area contributed by atoms with Gasteiger partial charge in [-0.15, -0.1) is 0 Å². The molecule has 0 atom stereocenters. The molecule has 16 heavy (non-hydrogen) atoms. The molecule has 0 aliphatic heterocycles. The van der Waals surface area contributed by atoms with E-state index < -0.39 is 8.56 Å². The van der Waals surface area contributed by atoms with Gasteiger partial charge in [-0.05, 0) is 39.3 Å². The molecule has 0 heterocycles. The minimum absolute atomic E-state index is 0.749. The van der Waals surface area contributed by atoms with Crippen LogP contribution in [0.3, 0.4) is 0 Å². The normalized spacial score (nSPS) is 12.0. The molecule has 0 aliphatic rings. The van der Waals surface area contributed by atoms with Gasteiger partial charge in [-0.2, -0.15) is 0 Å². The summed E-state index contributed by atoms with van der Waals surface area (Å²) in [4.78, 5) is 0. The molecular formula is C12H28O3Si. The van der Waals surface area contributed by atoms with Crippen molar-refractivity contribution in [1.29, 1.82) is 0 Å². The molecule has 0 fully saturated rings. The minimum atomic E-state index is -1.90. The lowest BCUT2D eigenvalue weighted by Gasteiger charge is -2.25. The lowest BCUT2D eigenvalue weighted by atomic mass is 10.4. The molecule has 0 N–H and O–H groups in total. The maximum Gasteiger partial charge on any atom is 0.334 e. The zero-order chi connectivity index (χ0) is 12.3. The molecule has 0 aliphatic carbocycles. The summed E-state index contributed by atoms with van der Waals surface area (Å²) >= 11 is 0. The van der Waals surface area contributed by atoms with Gasteiger partial charge in [0.25, 0.3) is 0 Å². The summed E-state index contributed by atoms with van der Waals surface area (Å²) in [6.07, 6.45) is 3.41. The molecule has 0 spiro atoms. The van der Waals surface area contributed by atoms with Crippen molar-refractivity contribution in [2.75, 3.05) is 26.4 Å². The van der Waals surface area contributed by atoms with Crippen LogP contribution in [-0.4, -0.2) is 35.0 Å². The van der Waals surface area contributed by atoms with Gasteiger partial charge in [0.2, 0.25) is 0 Å². The van der Waals surface area contributed by atoms with Crippen molar-refractivity contribution >= 4 is 8.56 Å². The third-order valence-corrected chi connectivity index (χ3v) is 5.52. The first kappa shape index (κ1) is 16.1. The molecule has 0 saturated carbocycles. The van der Waals surface area contributed by atoms with Crippen LogP contribution in [0.1, 0.15) is 40.0 Å². The number of hydrogen-bond donors (Lipinski definition) is 0. The zero-order valence-corrected chi connectivity index (χ0v) is 12.4. The number of rotatable bonds is 11. The summed E-state index contributed by atoms with van der Waals surface area (Å²) in [5, 5.41) is 0. The molecule has 98 valence electrons. The Bertz CT molecular complexity index is 147. The van der Waals surface area contributed by atoms with Gasteiger partial charge in [0, 0.05) is 26.4 Å². The lowest BCUT2D eigenvalue weighted by Crippen LogP contribution is -2.38. The van der Waals surface area contributed by atoms with E-state index in [2.05, 4.69) is 13.5 Å². The highest BCUT2D eigenvalue weighted by atomic mass is 28.4. The van der Waals surface area contributed by atoms with Gasteiger partial charge in [0.15, 0.2) is 0 Å². The summed E-state index contributed by atoms with van der Waals surface area (Å²) in [6.45, 7) is 11.6. The Labute approximate surface area is 102 Å². The van der Waals surface area contributed by atoms with E-state index >= 15 is 0 Å². The van der Waals surface area contributed by atoms with E-state index in [1.54, 1.807) is 0 Å². The third kappa shape index (κ3) is 8.27. The quantitative estimate of drug-likeness (QED) is 0.414. The van der Waals surface area contributed by atoms with Gasteiger partial charge in [-0.3, -0.25) is 0 Å². The van der Waals surface area contributed by atoms with Gasteiger partial charge < -0.3 is 13.6 Å². The van der Waals surface area contributed by atoms with Crippen LogP contribution >= 0.6 is 0 Å². The Hall–Kier alpha value is 0.0969. The maximum absolute atomic E-state index is 5.76. The van der Waals surface area contributed by atoms with Crippen LogP contribution in [0.4, 0.5) is 0 Å². The number of ether oxygens (including phenoxy) is 1. The van der Waals surface area contributed by atoms with E-state index in [1.165, 1.54) is 6.42 Å². The SMILES string of the molecule is CCCCOCCC[Si](C)(OCC)OCC. The van der Waals surface area contributed by atoms with Crippen molar-refractivity contribution in [1.82, 2.24) is 0 Å². The highest BCUT2D eigenvalue weighted by molar-refractivity contribution is 6.66. The summed E-state index contributed by atoms with van der Waals surface area (Å²) in [5.74, 6) is 0. The molecule has 0 aromatic rings. The zero-order valence-electron chi connectivity index (χ0n) is 11.4. The van der Waals surface area contributed by atoms with Crippen molar-refractivity contribution in [2.24, 2.45) is 0 Å². The van der Waals surface area contributed by atoms with Gasteiger partial charge in [-0.25, -0.2) is 0 Å². The predicted molar refractivity (Wildman–Crippen MR) is 70.0 cm³/mol. The van der Waals surface area contributed by atoms with Crippen LogP contribution in [0.15, 0.2) is 0 Å². The lowest BCUT2D eigenvalue weighted by molar-refractivity contribution is 0.126. The fourth-order valence-corrected chi connectivity index (χ4v) is 4.02. The molecule has 0 rings (SSSR count). The topological polar surface area (TPSA) is 27.7 Å². The molecule has 0 bridgehead atoms. The van der Waals surface area contributed by atoms with E-state index in [9.17, 15) is 0 Å². The van der Waals surface area contributed by atoms with E-state index in [4.69, 9.17) is 13.6 Å². The van der Waals surface area contributed by atoms with Crippen LogP contribution in [0, 0.1) is 0 Å². The van der Waals surface area contributed by atoms with Gasteiger partial charge in [-0.1, -0.05) is 13.3 Å². The maximum atomic E-state index is 5.76. The van der Waals surface area contributed by atoms with Crippen molar-refractivity contribution in [3.8, 4) is 0 Å². The van der Waals surface area contributed by atoms with E-state index in [1.807, 2.05) is 13.8 Å². The average molecular weight is 248 g/mol. The van der Waals surface area contributed by atoms with Crippen molar-refractivity contribution in [3.63, 3.8) is 0 Å². The monoisotopic (exact) mass is 248 g/mol.